The van der Waals surface area contributed by atoms with Crippen molar-refractivity contribution in [1.29, 1.82) is 0 Å². The van der Waals surface area contributed by atoms with Crippen molar-refractivity contribution < 1.29 is 27.1 Å². The first-order valence-corrected chi connectivity index (χ1v) is 5.56. The van der Waals surface area contributed by atoms with Gasteiger partial charge in [0.1, 0.15) is 5.75 Å². The standard InChI is InChI=1S/C11H10ClF4NO2/c1-2-19-8-4-3-6(12)5-7(8)17-10(18)11(15,16)9(13)14/h3-5,9H,2H2,1H3,(H,17,18). The zero-order valence-electron chi connectivity index (χ0n) is 9.72. The number of carbonyl (C=O) groups excluding carboxylic acids is 1. The van der Waals surface area contributed by atoms with Crippen LogP contribution in [0.15, 0.2) is 18.2 Å². The van der Waals surface area contributed by atoms with E-state index in [1.165, 1.54) is 12.1 Å². The lowest BCUT2D eigenvalue weighted by Crippen LogP contribution is -2.41. The first-order chi connectivity index (χ1) is 8.78. The fourth-order valence-electron chi connectivity index (χ4n) is 1.19. The van der Waals surface area contributed by atoms with Crippen LogP contribution in [0.5, 0.6) is 5.75 Å². The molecule has 0 spiro atoms. The lowest BCUT2D eigenvalue weighted by atomic mass is 10.2. The van der Waals surface area contributed by atoms with Crippen LogP contribution in [0.3, 0.4) is 0 Å². The van der Waals surface area contributed by atoms with Crippen molar-refractivity contribution in [3.8, 4) is 5.75 Å². The van der Waals surface area contributed by atoms with Gasteiger partial charge in [-0.3, -0.25) is 4.79 Å². The largest absolute Gasteiger partial charge is 0.492 e. The number of alkyl halides is 4. The van der Waals surface area contributed by atoms with E-state index in [1.54, 1.807) is 12.2 Å². The van der Waals surface area contributed by atoms with E-state index in [0.29, 0.717) is 0 Å². The van der Waals surface area contributed by atoms with Crippen LogP contribution < -0.4 is 10.1 Å². The monoisotopic (exact) mass is 299 g/mol. The highest BCUT2D eigenvalue weighted by atomic mass is 35.5. The molecule has 1 N–H and O–H groups in total. The van der Waals surface area contributed by atoms with E-state index in [2.05, 4.69) is 0 Å². The van der Waals surface area contributed by atoms with Crippen molar-refractivity contribution in [3.05, 3.63) is 23.2 Å². The number of halogens is 5. The van der Waals surface area contributed by atoms with Gasteiger partial charge in [-0.15, -0.1) is 0 Å². The lowest BCUT2D eigenvalue weighted by Gasteiger charge is -2.17. The average molecular weight is 300 g/mol. The summed E-state index contributed by atoms with van der Waals surface area (Å²) in [6.45, 7) is 1.84. The minimum absolute atomic E-state index is 0.0605. The molecule has 0 atom stereocenters. The Balaban J connectivity index is 2.98. The molecule has 1 aromatic rings. The zero-order valence-corrected chi connectivity index (χ0v) is 10.5. The molecule has 106 valence electrons. The summed E-state index contributed by atoms with van der Waals surface area (Å²) in [7, 11) is 0. The fraction of sp³-hybridized carbons (Fsp3) is 0.364. The maximum Gasteiger partial charge on any atom is 0.383 e. The van der Waals surface area contributed by atoms with Gasteiger partial charge in [0.25, 0.3) is 0 Å². The number of anilines is 1. The van der Waals surface area contributed by atoms with Gasteiger partial charge in [-0.25, -0.2) is 8.78 Å². The molecule has 8 heteroatoms. The molecular formula is C11H10ClF4NO2. The van der Waals surface area contributed by atoms with Crippen molar-refractivity contribution in [2.24, 2.45) is 0 Å². The van der Waals surface area contributed by atoms with E-state index in [1.807, 2.05) is 0 Å². The highest BCUT2D eigenvalue weighted by Gasteiger charge is 2.49. The lowest BCUT2D eigenvalue weighted by molar-refractivity contribution is -0.163. The predicted octanol–water partition coefficient (Wildman–Crippen LogP) is 3.58. The average Bonchev–Trinajstić information content (AvgIpc) is 2.32. The molecule has 0 aromatic heterocycles. The quantitative estimate of drug-likeness (QED) is 0.844. The van der Waals surface area contributed by atoms with E-state index >= 15 is 0 Å². The number of ether oxygens (including phenoxy) is 1. The Kier molecular flexibility index (Phi) is 4.99. The summed E-state index contributed by atoms with van der Waals surface area (Å²) >= 11 is 5.63. The molecule has 1 rings (SSSR count). The maximum absolute atomic E-state index is 12.8. The fourth-order valence-corrected chi connectivity index (χ4v) is 1.36. The van der Waals surface area contributed by atoms with Gasteiger partial charge in [0, 0.05) is 5.02 Å². The number of rotatable bonds is 5. The summed E-state index contributed by atoms with van der Waals surface area (Å²) in [5.74, 6) is -6.85. The number of hydrogen-bond acceptors (Lipinski definition) is 2. The molecule has 0 bridgehead atoms. The van der Waals surface area contributed by atoms with Gasteiger partial charge in [0.05, 0.1) is 12.3 Å². The topological polar surface area (TPSA) is 38.3 Å². The molecule has 3 nitrogen and oxygen atoms in total. The van der Waals surface area contributed by atoms with Gasteiger partial charge < -0.3 is 10.1 Å². The van der Waals surface area contributed by atoms with Crippen LogP contribution in [0.25, 0.3) is 0 Å². The highest BCUT2D eigenvalue weighted by Crippen LogP contribution is 2.31. The van der Waals surface area contributed by atoms with Crippen LogP contribution in [0.4, 0.5) is 23.2 Å². The van der Waals surface area contributed by atoms with Crippen LogP contribution in [-0.4, -0.2) is 24.9 Å². The highest BCUT2D eigenvalue weighted by molar-refractivity contribution is 6.31. The Morgan fingerprint density at radius 3 is 2.63 bits per heavy atom. The maximum atomic E-state index is 12.8. The molecule has 1 amide bonds. The van der Waals surface area contributed by atoms with E-state index < -0.39 is 18.3 Å². The molecular weight excluding hydrogens is 290 g/mol. The molecule has 0 unspecified atom stereocenters. The summed E-state index contributed by atoms with van der Waals surface area (Å²) in [6, 6.07) is 3.88. The summed E-state index contributed by atoms with van der Waals surface area (Å²) in [5.41, 5.74) is -0.195. The van der Waals surface area contributed by atoms with Crippen LogP contribution >= 0.6 is 11.6 Å². The Bertz CT molecular complexity index is 468. The molecule has 0 radical (unpaired) electrons. The van der Waals surface area contributed by atoms with E-state index in [0.717, 1.165) is 6.07 Å². The van der Waals surface area contributed by atoms with Gasteiger partial charge in [0.15, 0.2) is 0 Å². The van der Waals surface area contributed by atoms with Gasteiger partial charge in [-0.2, -0.15) is 8.78 Å². The molecule has 19 heavy (non-hydrogen) atoms. The Morgan fingerprint density at radius 2 is 2.11 bits per heavy atom. The number of benzene rings is 1. The second kappa shape index (κ2) is 6.10. The first kappa shape index (κ1) is 15.6. The van der Waals surface area contributed by atoms with Gasteiger partial charge >= 0.3 is 18.3 Å². The SMILES string of the molecule is CCOc1ccc(Cl)cc1NC(=O)C(F)(F)C(F)F. The van der Waals surface area contributed by atoms with Gasteiger partial charge in [-0.1, -0.05) is 11.6 Å². The second-order valence-electron chi connectivity index (χ2n) is 3.45. The Hall–Kier alpha value is -1.50. The van der Waals surface area contributed by atoms with Crippen molar-refractivity contribution in [1.82, 2.24) is 0 Å². The molecule has 0 saturated heterocycles. The zero-order chi connectivity index (χ0) is 14.6. The third-order valence-electron chi connectivity index (χ3n) is 2.07. The van der Waals surface area contributed by atoms with Crippen LogP contribution in [-0.2, 0) is 4.79 Å². The third-order valence-corrected chi connectivity index (χ3v) is 2.30. The van der Waals surface area contributed by atoms with Crippen molar-refractivity contribution in [2.45, 2.75) is 19.3 Å². The Morgan fingerprint density at radius 1 is 1.47 bits per heavy atom. The summed E-state index contributed by atoms with van der Waals surface area (Å²) in [5, 5.41) is 1.82. The smallest absolute Gasteiger partial charge is 0.383 e. The molecule has 0 saturated carbocycles. The van der Waals surface area contributed by atoms with Crippen LogP contribution in [0.1, 0.15) is 6.92 Å². The van der Waals surface area contributed by atoms with E-state index in [4.69, 9.17) is 16.3 Å². The van der Waals surface area contributed by atoms with E-state index in [-0.39, 0.29) is 23.1 Å². The van der Waals surface area contributed by atoms with Crippen LogP contribution in [0.2, 0.25) is 5.02 Å². The van der Waals surface area contributed by atoms with Gasteiger partial charge in [0.2, 0.25) is 0 Å². The summed E-state index contributed by atoms with van der Waals surface area (Å²) in [6.07, 6.45) is -4.10. The molecule has 0 aliphatic carbocycles. The minimum atomic E-state index is -4.79. The first-order valence-electron chi connectivity index (χ1n) is 5.18. The van der Waals surface area contributed by atoms with Crippen molar-refractivity contribution in [2.75, 3.05) is 11.9 Å². The van der Waals surface area contributed by atoms with Crippen molar-refractivity contribution >= 4 is 23.2 Å². The van der Waals surface area contributed by atoms with Crippen molar-refractivity contribution in [3.63, 3.8) is 0 Å². The molecule has 1 aromatic carbocycles. The molecule has 0 aliphatic heterocycles. The molecule has 0 fully saturated rings. The molecule has 0 aliphatic rings. The number of nitrogens with one attached hydrogen (secondary N) is 1. The number of hydrogen-bond donors (Lipinski definition) is 1. The van der Waals surface area contributed by atoms with Gasteiger partial charge in [-0.05, 0) is 25.1 Å². The molecule has 0 heterocycles. The summed E-state index contributed by atoms with van der Waals surface area (Å²) < 4.78 is 54.7. The second-order valence-corrected chi connectivity index (χ2v) is 3.89. The normalized spacial score (nSPS) is 11.5. The summed E-state index contributed by atoms with van der Waals surface area (Å²) in [4.78, 5) is 11.1. The number of carbonyl (C=O) groups is 1. The third kappa shape index (κ3) is 3.73. The van der Waals surface area contributed by atoms with E-state index in [9.17, 15) is 22.4 Å². The number of amides is 1. The van der Waals surface area contributed by atoms with Crippen LogP contribution in [0, 0.1) is 0 Å². The minimum Gasteiger partial charge on any atom is -0.492 e. The Labute approximate surface area is 111 Å². The predicted molar refractivity (Wildman–Crippen MR) is 62.2 cm³/mol.